The van der Waals surface area contributed by atoms with Crippen molar-refractivity contribution in [2.24, 2.45) is 0 Å². The van der Waals surface area contributed by atoms with Gasteiger partial charge in [0.25, 0.3) is 0 Å². The third kappa shape index (κ3) is 3.52. The fourth-order valence-electron chi connectivity index (χ4n) is 2.08. The van der Waals surface area contributed by atoms with E-state index in [1.54, 1.807) is 24.3 Å². The summed E-state index contributed by atoms with van der Waals surface area (Å²) in [6, 6.07) is 14.6. The van der Waals surface area contributed by atoms with Crippen LogP contribution >= 0.6 is 0 Å². The molecule has 0 aromatic heterocycles. The van der Waals surface area contributed by atoms with E-state index in [1.807, 2.05) is 24.3 Å². The predicted octanol–water partition coefficient (Wildman–Crippen LogP) is 0.756. The maximum atomic E-state index is 9.29. The zero-order valence-electron chi connectivity index (χ0n) is 11.8. The van der Waals surface area contributed by atoms with E-state index in [4.69, 9.17) is 0 Å². The van der Waals surface area contributed by atoms with E-state index in [0.29, 0.717) is 5.92 Å². The molecular formula is C15H17NaO2. The molecule has 0 saturated heterocycles. The van der Waals surface area contributed by atoms with E-state index in [-0.39, 0.29) is 42.5 Å². The minimum atomic E-state index is 0. The van der Waals surface area contributed by atoms with Crippen molar-refractivity contribution in [3.8, 4) is 11.5 Å². The van der Waals surface area contributed by atoms with Gasteiger partial charge in [-0.2, -0.15) is 0 Å². The summed E-state index contributed by atoms with van der Waals surface area (Å²) < 4.78 is 0. The van der Waals surface area contributed by atoms with Gasteiger partial charge in [-0.25, -0.2) is 0 Å². The van der Waals surface area contributed by atoms with Gasteiger partial charge in [-0.05, 0) is 41.8 Å². The number of aromatic hydroxyl groups is 2. The third-order valence-electron chi connectivity index (χ3n) is 3.00. The van der Waals surface area contributed by atoms with Gasteiger partial charge in [0.1, 0.15) is 11.5 Å². The second kappa shape index (κ2) is 6.83. The van der Waals surface area contributed by atoms with Crippen molar-refractivity contribution < 1.29 is 41.2 Å². The van der Waals surface area contributed by atoms with E-state index in [2.05, 4.69) is 6.92 Å². The van der Waals surface area contributed by atoms with Gasteiger partial charge in [0.2, 0.25) is 0 Å². The summed E-state index contributed by atoms with van der Waals surface area (Å²) in [5, 5.41) is 18.6. The van der Waals surface area contributed by atoms with Crippen LogP contribution in [0.25, 0.3) is 0 Å². The molecule has 0 aliphatic heterocycles. The Hall–Kier alpha value is -0.960. The Bertz CT molecular complexity index is 437. The van der Waals surface area contributed by atoms with Crippen molar-refractivity contribution >= 4 is 0 Å². The van der Waals surface area contributed by atoms with Gasteiger partial charge in [-0.1, -0.05) is 31.2 Å². The molecule has 2 aromatic rings. The van der Waals surface area contributed by atoms with Crippen molar-refractivity contribution in [2.45, 2.75) is 19.3 Å². The summed E-state index contributed by atoms with van der Waals surface area (Å²) in [6.07, 6.45) is 0.982. The standard InChI is InChI=1S/C15H16O2.Na.H/c1-2-15(11-3-7-13(16)8-4-11)12-5-9-14(17)10-6-12;;/h3-10,15-17H,2H2,1H3;;/q;+1;-1. The Morgan fingerprint density at radius 3 is 1.44 bits per heavy atom. The fourth-order valence-corrected chi connectivity index (χ4v) is 2.08. The van der Waals surface area contributed by atoms with Crippen molar-refractivity contribution in [3.05, 3.63) is 59.7 Å². The molecule has 0 bridgehead atoms. The van der Waals surface area contributed by atoms with Crippen LogP contribution in [-0.4, -0.2) is 10.2 Å². The van der Waals surface area contributed by atoms with Crippen molar-refractivity contribution in [3.63, 3.8) is 0 Å². The normalized spacial score (nSPS) is 10.1. The molecule has 0 atom stereocenters. The van der Waals surface area contributed by atoms with Crippen LogP contribution in [0.3, 0.4) is 0 Å². The largest absolute Gasteiger partial charge is 1.00 e. The summed E-state index contributed by atoms with van der Waals surface area (Å²) in [7, 11) is 0. The molecule has 0 radical (unpaired) electrons. The minimum Gasteiger partial charge on any atom is -1.00 e. The van der Waals surface area contributed by atoms with Gasteiger partial charge in [0.15, 0.2) is 0 Å². The first-order valence-electron chi connectivity index (χ1n) is 5.78. The molecule has 2 aromatic carbocycles. The van der Waals surface area contributed by atoms with Crippen LogP contribution < -0.4 is 29.6 Å². The third-order valence-corrected chi connectivity index (χ3v) is 3.00. The van der Waals surface area contributed by atoms with E-state index in [0.717, 1.165) is 6.42 Å². The first-order chi connectivity index (χ1) is 8.20. The van der Waals surface area contributed by atoms with Crippen molar-refractivity contribution in [2.75, 3.05) is 0 Å². The molecule has 0 unspecified atom stereocenters. The first kappa shape index (κ1) is 15.1. The molecule has 2 nitrogen and oxygen atoms in total. The first-order valence-corrected chi connectivity index (χ1v) is 5.78. The van der Waals surface area contributed by atoms with Gasteiger partial charge >= 0.3 is 29.6 Å². The Morgan fingerprint density at radius 2 is 1.17 bits per heavy atom. The quantitative estimate of drug-likeness (QED) is 0.792. The van der Waals surface area contributed by atoms with Gasteiger partial charge < -0.3 is 11.6 Å². The Balaban J connectivity index is 0.00000162. The van der Waals surface area contributed by atoms with E-state index >= 15 is 0 Å². The van der Waals surface area contributed by atoms with E-state index in [1.165, 1.54) is 11.1 Å². The Kier molecular flexibility index (Phi) is 5.73. The molecule has 0 saturated carbocycles. The predicted molar refractivity (Wildman–Crippen MR) is 69.5 cm³/mol. The number of phenolic OH excluding ortho intramolecular Hbond substituents is 2. The smallest absolute Gasteiger partial charge is 1.00 e. The van der Waals surface area contributed by atoms with Crippen LogP contribution in [0.4, 0.5) is 0 Å². The zero-order valence-corrected chi connectivity index (χ0v) is 12.8. The average molecular weight is 252 g/mol. The van der Waals surface area contributed by atoms with Crippen LogP contribution in [0.2, 0.25) is 0 Å². The molecule has 0 fully saturated rings. The zero-order chi connectivity index (χ0) is 12.3. The summed E-state index contributed by atoms with van der Waals surface area (Å²) in [5.74, 6) is 0.875. The minimum absolute atomic E-state index is 0. The second-order valence-corrected chi connectivity index (χ2v) is 4.14. The molecule has 0 aliphatic rings. The van der Waals surface area contributed by atoms with Crippen LogP contribution in [-0.2, 0) is 0 Å². The number of hydrogen-bond acceptors (Lipinski definition) is 2. The van der Waals surface area contributed by atoms with Crippen LogP contribution in [0.5, 0.6) is 11.5 Å². The molecule has 18 heavy (non-hydrogen) atoms. The molecule has 2 N–H and O–H groups in total. The summed E-state index contributed by atoms with van der Waals surface area (Å²) in [4.78, 5) is 0. The van der Waals surface area contributed by atoms with Gasteiger partial charge in [-0.15, -0.1) is 0 Å². The maximum Gasteiger partial charge on any atom is 1.00 e. The van der Waals surface area contributed by atoms with Crippen LogP contribution in [0.15, 0.2) is 48.5 Å². The van der Waals surface area contributed by atoms with Crippen LogP contribution in [0.1, 0.15) is 31.8 Å². The molecule has 0 amide bonds. The number of phenols is 2. The molecular weight excluding hydrogens is 235 g/mol. The molecule has 3 heteroatoms. The maximum absolute atomic E-state index is 9.29. The molecule has 90 valence electrons. The second-order valence-electron chi connectivity index (χ2n) is 4.14. The van der Waals surface area contributed by atoms with Gasteiger partial charge in [-0.3, -0.25) is 0 Å². The monoisotopic (exact) mass is 252 g/mol. The average Bonchev–Trinajstić information content (AvgIpc) is 2.35. The van der Waals surface area contributed by atoms with Crippen LogP contribution in [0, 0.1) is 0 Å². The summed E-state index contributed by atoms with van der Waals surface area (Å²) >= 11 is 0. The van der Waals surface area contributed by atoms with Gasteiger partial charge in [0, 0.05) is 5.92 Å². The van der Waals surface area contributed by atoms with Gasteiger partial charge in [0.05, 0.1) is 0 Å². The topological polar surface area (TPSA) is 40.5 Å². The van der Waals surface area contributed by atoms with Crippen molar-refractivity contribution in [1.82, 2.24) is 0 Å². The van der Waals surface area contributed by atoms with E-state index in [9.17, 15) is 10.2 Å². The molecule has 0 aliphatic carbocycles. The summed E-state index contributed by atoms with van der Waals surface area (Å²) in [6.45, 7) is 2.13. The van der Waals surface area contributed by atoms with Crippen molar-refractivity contribution in [1.29, 1.82) is 0 Å². The number of hydrogen-bond donors (Lipinski definition) is 2. The Labute approximate surface area is 131 Å². The molecule has 0 heterocycles. The number of benzene rings is 2. The number of rotatable bonds is 3. The molecule has 0 spiro atoms. The summed E-state index contributed by atoms with van der Waals surface area (Å²) in [5.41, 5.74) is 2.35. The SMILES string of the molecule is CCC(c1ccc(O)cc1)c1ccc(O)cc1.[H-].[Na+]. The molecule has 2 rings (SSSR count). The fraction of sp³-hybridized carbons (Fsp3) is 0.200. The Morgan fingerprint density at radius 1 is 0.833 bits per heavy atom. The van der Waals surface area contributed by atoms with E-state index < -0.39 is 0 Å².